The molecule has 11 rings (SSSR count). The predicted molar refractivity (Wildman–Crippen MR) is 257 cm³/mol. The maximum absolute atomic E-state index is 17.2. The molecule has 5 aromatic rings. The molecule has 5 fully saturated rings. The van der Waals surface area contributed by atoms with Crippen LogP contribution < -0.4 is 25.6 Å². The fourth-order valence-electron chi connectivity index (χ4n) is 11.8. The molecular formula is C53H51F2N9O7. The minimum Gasteiger partial charge on any atom is -0.461 e. The molecule has 16 nitrogen and oxygen atoms in total. The van der Waals surface area contributed by atoms with Crippen LogP contribution in [-0.4, -0.2) is 124 Å². The van der Waals surface area contributed by atoms with Crippen LogP contribution in [0.25, 0.3) is 32.9 Å². The van der Waals surface area contributed by atoms with E-state index in [1.54, 1.807) is 48.7 Å². The predicted octanol–water partition coefficient (Wildman–Crippen LogP) is 5.74. The van der Waals surface area contributed by atoms with Crippen molar-refractivity contribution >= 4 is 57.2 Å². The zero-order valence-electron chi connectivity index (χ0n) is 38.9. The van der Waals surface area contributed by atoms with Gasteiger partial charge >= 0.3 is 12.1 Å². The van der Waals surface area contributed by atoms with Gasteiger partial charge < -0.3 is 25.0 Å². The van der Waals surface area contributed by atoms with Gasteiger partial charge in [-0.05, 0) is 80.9 Å². The molecule has 3 unspecified atom stereocenters. The lowest BCUT2D eigenvalue weighted by molar-refractivity contribution is -0.136. The highest BCUT2D eigenvalue weighted by Crippen LogP contribution is 2.45. The topological polar surface area (TPSA) is 188 Å². The SMILES string of the molecule is C#Cc1c(F)ccc2cccc(-c3ncc4c(N5CC6CCC(C5)N6)nc(OC[C@@]56CC[C@@H](COC(=O)NCCCCc7cccc8c7C(=O)N(C7CCC(=O)NC7=O)C8=O)N5CC(=C)C6)nc4c3F)c12. The van der Waals surface area contributed by atoms with Crippen LogP contribution >= 0.6 is 0 Å². The third-order valence-electron chi connectivity index (χ3n) is 15.1. The van der Waals surface area contributed by atoms with E-state index in [0.717, 1.165) is 36.2 Å². The largest absolute Gasteiger partial charge is 0.461 e. The van der Waals surface area contributed by atoms with Crippen LogP contribution in [0.2, 0.25) is 0 Å². The van der Waals surface area contributed by atoms with Crippen molar-refractivity contribution < 1.29 is 42.2 Å². The number of carbonyl (C=O) groups excluding carboxylic acids is 5. The first-order valence-electron chi connectivity index (χ1n) is 24.3. The van der Waals surface area contributed by atoms with E-state index in [9.17, 15) is 24.0 Å². The number of amides is 5. The maximum atomic E-state index is 17.2. The average molecular weight is 964 g/mol. The molecule has 18 heteroatoms. The second-order valence-electron chi connectivity index (χ2n) is 19.6. The van der Waals surface area contributed by atoms with E-state index < -0.39 is 52.9 Å². The van der Waals surface area contributed by atoms with E-state index in [4.69, 9.17) is 25.9 Å². The summed E-state index contributed by atoms with van der Waals surface area (Å²) in [5, 5.41) is 10.2. The zero-order chi connectivity index (χ0) is 49.1. The molecule has 2 aromatic heterocycles. The number of ether oxygens (including phenoxy) is 2. The summed E-state index contributed by atoms with van der Waals surface area (Å²) in [6, 6.07) is 12.6. The van der Waals surface area contributed by atoms with Crippen molar-refractivity contribution in [3.63, 3.8) is 0 Å². The molecule has 3 aromatic carbocycles. The minimum atomic E-state index is -1.04. The normalized spacial score (nSPS) is 23.9. The monoisotopic (exact) mass is 963 g/mol. The summed E-state index contributed by atoms with van der Waals surface area (Å²) in [5.74, 6) is -0.509. The van der Waals surface area contributed by atoms with E-state index >= 15 is 8.78 Å². The first kappa shape index (κ1) is 46.0. The van der Waals surface area contributed by atoms with Crippen molar-refractivity contribution in [3.05, 3.63) is 101 Å². The van der Waals surface area contributed by atoms with Crippen molar-refractivity contribution in [3.8, 4) is 29.6 Å². The highest BCUT2D eigenvalue weighted by molar-refractivity contribution is 6.24. The number of anilines is 1. The molecule has 6 aliphatic heterocycles. The van der Waals surface area contributed by atoms with Crippen LogP contribution in [0.1, 0.15) is 89.6 Å². The summed E-state index contributed by atoms with van der Waals surface area (Å²) in [5.41, 5.74) is 2.07. The summed E-state index contributed by atoms with van der Waals surface area (Å²) >= 11 is 0. The zero-order valence-corrected chi connectivity index (χ0v) is 38.9. The summed E-state index contributed by atoms with van der Waals surface area (Å²) in [4.78, 5) is 83.6. The van der Waals surface area contributed by atoms with Gasteiger partial charge in [0, 0.05) is 67.9 Å². The number of imide groups is 2. The smallest absolute Gasteiger partial charge is 0.407 e. The Labute approximate surface area is 407 Å². The molecule has 71 heavy (non-hydrogen) atoms. The Morgan fingerprint density at radius 2 is 1.77 bits per heavy atom. The van der Waals surface area contributed by atoms with Crippen LogP contribution in [0.15, 0.2) is 66.9 Å². The molecule has 5 saturated heterocycles. The molecule has 2 bridgehead atoms. The van der Waals surface area contributed by atoms with Crippen LogP contribution in [0, 0.1) is 24.0 Å². The van der Waals surface area contributed by atoms with Crippen LogP contribution in [0.5, 0.6) is 6.01 Å². The molecule has 5 atom stereocenters. The maximum Gasteiger partial charge on any atom is 0.407 e. The van der Waals surface area contributed by atoms with Gasteiger partial charge in [0.15, 0.2) is 5.82 Å². The van der Waals surface area contributed by atoms with Gasteiger partial charge in [-0.25, -0.2) is 13.6 Å². The Bertz CT molecular complexity index is 3130. The molecule has 6 aliphatic rings. The number of benzene rings is 3. The van der Waals surface area contributed by atoms with Gasteiger partial charge in [0.25, 0.3) is 11.8 Å². The van der Waals surface area contributed by atoms with Gasteiger partial charge in [0.1, 0.15) is 42.1 Å². The van der Waals surface area contributed by atoms with Crippen molar-refractivity contribution in [2.45, 2.75) is 93.9 Å². The van der Waals surface area contributed by atoms with E-state index in [2.05, 4.69) is 43.2 Å². The standard InChI is InChI=1S/C53H51F2N9O7/c1-3-35-39(54)16-13-31-10-6-11-36(42(31)35)45-44(55)46-38(23-57-45)47(62-25-32-14-15-33(26-62)58-32)61-51(60-46)71-28-53-20-19-34(63(53)24-29(2)22-53)27-70-52(69)56-21-5-4-8-30-9-7-12-37-43(30)50(68)64(49(37)67)40-17-18-41(65)59-48(40)66/h1,6-7,9-13,16,23,32-34,40,58H,2,4-5,8,14-15,17-22,24-28H2,(H,56,69)(H,59,65,66)/t32?,33?,34-,40?,53-/m0/s1. The van der Waals surface area contributed by atoms with Crippen molar-refractivity contribution in [2.24, 2.45) is 0 Å². The number of fused-ring (bicyclic) bond motifs is 6. The number of terminal acetylenes is 1. The van der Waals surface area contributed by atoms with Crippen molar-refractivity contribution in [1.29, 1.82) is 0 Å². The Hall–Kier alpha value is -7.36. The van der Waals surface area contributed by atoms with Gasteiger partial charge in [0.2, 0.25) is 11.8 Å². The Kier molecular flexibility index (Phi) is 12.0. The van der Waals surface area contributed by atoms with E-state index in [-0.39, 0.29) is 78.1 Å². The highest BCUT2D eigenvalue weighted by atomic mass is 19.1. The molecule has 0 spiro atoms. The fraction of sp³-hybridized carbons (Fsp3) is 0.396. The Balaban J connectivity index is 0.745. The summed E-state index contributed by atoms with van der Waals surface area (Å²) in [6.07, 6.45) is 12.7. The number of pyridine rings is 1. The highest BCUT2D eigenvalue weighted by Gasteiger charge is 2.52. The van der Waals surface area contributed by atoms with Gasteiger partial charge in [-0.15, -0.1) is 6.42 Å². The van der Waals surface area contributed by atoms with Crippen molar-refractivity contribution in [1.82, 2.24) is 40.7 Å². The number of aryl methyl sites for hydroxylation is 1. The molecule has 0 radical (unpaired) electrons. The number of hydrogen-bond donors (Lipinski definition) is 3. The third-order valence-corrected chi connectivity index (χ3v) is 15.1. The second kappa shape index (κ2) is 18.4. The van der Waals surface area contributed by atoms with E-state index in [0.29, 0.717) is 85.0 Å². The lowest BCUT2D eigenvalue weighted by Crippen LogP contribution is -2.54. The first-order valence-corrected chi connectivity index (χ1v) is 24.3. The van der Waals surface area contributed by atoms with Crippen LogP contribution in [0.4, 0.5) is 19.4 Å². The molecule has 364 valence electrons. The number of aromatic nitrogens is 3. The molecule has 5 amide bonds. The lowest BCUT2D eigenvalue weighted by Gasteiger charge is -2.35. The number of piperidine rings is 1. The number of carbonyl (C=O) groups is 5. The van der Waals surface area contributed by atoms with Gasteiger partial charge in [-0.1, -0.05) is 54.5 Å². The molecule has 0 aliphatic carbocycles. The minimum absolute atomic E-state index is 0.0135. The molecular weight excluding hydrogens is 913 g/mol. The van der Waals surface area contributed by atoms with Gasteiger partial charge in [0.05, 0.1) is 27.6 Å². The number of hydrogen-bond acceptors (Lipinski definition) is 13. The third kappa shape index (κ3) is 8.29. The molecule has 3 N–H and O–H groups in total. The number of unbranched alkanes of at least 4 members (excludes halogenated alkanes) is 1. The number of alkyl carbamates (subject to hydrolysis) is 1. The Morgan fingerprint density at radius 1 is 0.972 bits per heavy atom. The molecule has 8 heterocycles. The van der Waals surface area contributed by atoms with Crippen molar-refractivity contribution in [2.75, 3.05) is 44.3 Å². The lowest BCUT2D eigenvalue weighted by atomic mass is 9.94. The molecule has 0 saturated carbocycles. The number of piperazine rings is 1. The van der Waals surface area contributed by atoms with E-state index in [1.807, 2.05) is 0 Å². The van der Waals surface area contributed by atoms with Gasteiger partial charge in [-0.3, -0.25) is 39.3 Å². The summed E-state index contributed by atoms with van der Waals surface area (Å²) < 4.78 is 44.5. The number of nitrogens with one attached hydrogen (secondary N) is 3. The first-order chi connectivity index (χ1) is 34.4. The number of nitrogens with zero attached hydrogens (tertiary/aromatic N) is 6. The fourth-order valence-corrected chi connectivity index (χ4v) is 11.8. The second-order valence-corrected chi connectivity index (χ2v) is 19.6. The summed E-state index contributed by atoms with van der Waals surface area (Å²) in [7, 11) is 0. The average Bonchev–Trinajstić information content (AvgIpc) is 4.07. The van der Waals surface area contributed by atoms with Gasteiger partial charge in [-0.2, -0.15) is 9.97 Å². The number of rotatable bonds is 13. The Morgan fingerprint density at radius 3 is 2.58 bits per heavy atom. The quantitative estimate of drug-likeness (QED) is 0.0562. The summed E-state index contributed by atoms with van der Waals surface area (Å²) in [6.45, 7) is 6.87. The van der Waals surface area contributed by atoms with Crippen LogP contribution in [0.3, 0.4) is 0 Å². The van der Waals surface area contributed by atoms with Crippen LogP contribution in [-0.2, 0) is 20.7 Å². The van der Waals surface area contributed by atoms with E-state index in [1.165, 1.54) is 6.07 Å². The number of halogens is 2.